The van der Waals surface area contributed by atoms with Gasteiger partial charge >= 0.3 is 5.97 Å². The van der Waals surface area contributed by atoms with E-state index in [1.807, 2.05) is 40.7 Å². The van der Waals surface area contributed by atoms with Gasteiger partial charge in [0.25, 0.3) is 5.91 Å². The van der Waals surface area contributed by atoms with Crippen LogP contribution in [0.2, 0.25) is 0 Å². The average Bonchev–Trinajstić information content (AvgIpc) is 2.80. The third kappa shape index (κ3) is 6.34. The number of cyclic esters (lactones) is 1. The molecule has 1 aliphatic rings. The molecule has 7 heteroatoms. The maximum atomic E-state index is 13.8. The Morgan fingerprint density at radius 1 is 1.20 bits per heavy atom. The molecule has 2 aromatic rings. The summed E-state index contributed by atoms with van der Waals surface area (Å²) in [5, 5.41) is 13.0. The Hall–Kier alpha value is -3.06. The molecule has 6 nitrogen and oxygen atoms in total. The standard InChI is InChI=1S/C28H35FN2O4/c1-6-13-30-28(34)25-24(18-7-9-19(29)10-8-18)22(26(16(2)3)31-27(25)17(4)5)12-11-21-14-20(32)15-23(33)35-21/h7-12,16-17,20-21,32H,6,13-15H2,1-5H3,(H,30,34)/b12-11+/t20-,21-/m0/s1. The Kier molecular flexibility index (Phi) is 8.78. The van der Waals surface area contributed by atoms with Crippen molar-refractivity contribution in [3.63, 3.8) is 0 Å². The quantitative estimate of drug-likeness (QED) is 0.495. The number of benzene rings is 1. The zero-order valence-electron chi connectivity index (χ0n) is 21.1. The third-order valence-electron chi connectivity index (χ3n) is 5.95. The van der Waals surface area contributed by atoms with Crippen LogP contribution in [-0.4, -0.2) is 40.7 Å². The number of nitrogens with zero attached hydrogens (tertiary/aromatic N) is 1. The number of halogens is 1. The summed E-state index contributed by atoms with van der Waals surface area (Å²) >= 11 is 0. The molecule has 35 heavy (non-hydrogen) atoms. The van der Waals surface area contributed by atoms with E-state index in [2.05, 4.69) is 5.32 Å². The number of aliphatic hydroxyl groups is 1. The highest BCUT2D eigenvalue weighted by Crippen LogP contribution is 2.37. The van der Waals surface area contributed by atoms with Crippen molar-refractivity contribution in [2.24, 2.45) is 0 Å². The van der Waals surface area contributed by atoms with E-state index in [-0.39, 0.29) is 30.0 Å². The van der Waals surface area contributed by atoms with Crippen molar-refractivity contribution >= 4 is 18.0 Å². The third-order valence-corrected chi connectivity index (χ3v) is 5.95. The Morgan fingerprint density at radius 3 is 2.43 bits per heavy atom. The first-order valence-electron chi connectivity index (χ1n) is 12.3. The number of aromatic nitrogens is 1. The molecule has 2 atom stereocenters. The van der Waals surface area contributed by atoms with Crippen molar-refractivity contribution in [2.45, 2.75) is 77.9 Å². The summed E-state index contributed by atoms with van der Waals surface area (Å²) in [6.45, 7) is 10.6. The fraction of sp³-hybridized carbons (Fsp3) is 0.464. The molecule has 0 bridgehead atoms. The first-order chi connectivity index (χ1) is 16.6. The monoisotopic (exact) mass is 482 g/mol. The SMILES string of the molecule is CCCNC(=O)c1c(C(C)C)nc(C(C)C)c(/C=C/[C@H]2C[C@H](O)CC(=O)O2)c1-c1ccc(F)cc1. The number of carbonyl (C=O) groups is 2. The van der Waals surface area contributed by atoms with Crippen molar-refractivity contribution in [1.82, 2.24) is 10.3 Å². The van der Waals surface area contributed by atoms with E-state index in [0.29, 0.717) is 40.9 Å². The number of hydrogen-bond donors (Lipinski definition) is 2. The minimum Gasteiger partial charge on any atom is -0.458 e. The van der Waals surface area contributed by atoms with Gasteiger partial charge < -0.3 is 15.2 Å². The molecule has 1 amide bonds. The Morgan fingerprint density at radius 2 is 1.86 bits per heavy atom. The summed E-state index contributed by atoms with van der Waals surface area (Å²) in [6.07, 6.45) is 3.27. The van der Waals surface area contributed by atoms with Gasteiger partial charge in [-0.15, -0.1) is 0 Å². The van der Waals surface area contributed by atoms with Crippen LogP contribution in [0.1, 0.15) is 93.0 Å². The topological polar surface area (TPSA) is 88.5 Å². The Balaban J connectivity index is 2.30. The van der Waals surface area contributed by atoms with Gasteiger partial charge in [-0.2, -0.15) is 0 Å². The maximum absolute atomic E-state index is 13.8. The molecular weight excluding hydrogens is 447 g/mol. The van der Waals surface area contributed by atoms with Gasteiger partial charge in [-0.25, -0.2) is 4.39 Å². The molecule has 2 N–H and O–H groups in total. The van der Waals surface area contributed by atoms with Crippen LogP contribution in [0, 0.1) is 5.82 Å². The van der Waals surface area contributed by atoms with Gasteiger partial charge in [-0.3, -0.25) is 14.6 Å². The molecule has 188 valence electrons. The molecule has 0 saturated carbocycles. The molecule has 0 unspecified atom stereocenters. The molecule has 0 aliphatic carbocycles. The lowest BCUT2D eigenvalue weighted by atomic mass is 9.86. The lowest BCUT2D eigenvalue weighted by molar-refractivity contribution is -0.156. The van der Waals surface area contributed by atoms with E-state index < -0.39 is 18.2 Å². The number of rotatable bonds is 8. The van der Waals surface area contributed by atoms with E-state index in [4.69, 9.17) is 9.72 Å². The number of aliphatic hydroxyl groups excluding tert-OH is 1. The molecule has 3 rings (SSSR count). The molecule has 0 spiro atoms. The molecule has 1 aliphatic heterocycles. The highest BCUT2D eigenvalue weighted by molar-refractivity contribution is 6.04. The van der Waals surface area contributed by atoms with Crippen LogP contribution in [0.3, 0.4) is 0 Å². The summed E-state index contributed by atoms with van der Waals surface area (Å²) < 4.78 is 19.2. The molecular formula is C28H35FN2O4. The number of pyridine rings is 1. The van der Waals surface area contributed by atoms with Gasteiger partial charge in [-0.05, 0) is 42.0 Å². The van der Waals surface area contributed by atoms with Gasteiger partial charge in [0.15, 0.2) is 0 Å². The van der Waals surface area contributed by atoms with E-state index >= 15 is 0 Å². The highest BCUT2D eigenvalue weighted by Gasteiger charge is 2.28. The Bertz CT molecular complexity index is 1090. The van der Waals surface area contributed by atoms with Gasteiger partial charge in [0.1, 0.15) is 11.9 Å². The van der Waals surface area contributed by atoms with Crippen LogP contribution in [0.15, 0.2) is 30.3 Å². The van der Waals surface area contributed by atoms with Crippen LogP contribution in [-0.2, 0) is 9.53 Å². The smallest absolute Gasteiger partial charge is 0.309 e. The van der Waals surface area contributed by atoms with Crippen LogP contribution in [0.5, 0.6) is 0 Å². The predicted octanol–water partition coefficient (Wildman–Crippen LogP) is 5.35. The van der Waals surface area contributed by atoms with Crippen LogP contribution >= 0.6 is 0 Å². The van der Waals surface area contributed by atoms with Crippen molar-refractivity contribution < 1.29 is 23.8 Å². The predicted molar refractivity (Wildman–Crippen MR) is 135 cm³/mol. The number of nitrogens with one attached hydrogen (secondary N) is 1. The normalized spacial score (nSPS) is 18.4. The number of hydrogen-bond acceptors (Lipinski definition) is 5. The zero-order chi connectivity index (χ0) is 25.7. The highest BCUT2D eigenvalue weighted by atomic mass is 19.1. The molecule has 1 saturated heterocycles. The van der Waals surface area contributed by atoms with Crippen molar-refractivity contribution in [1.29, 1.82) is 0 Å². The maximum Gasteiger partial charge on any atom is 0.309 e. The van der Waals surface area contributed by atoms with Crippen LogP contribution in [0.4, 0.5) is 4.39 Å². The summed E-state index contributed by atoms with van der Waals surface area (Å²) in [6, 6.07) is 6.08. The average molecular weight is 483 g/mol. The molecule has 1 aromatic heterocycles. The first kappa shape index (κ1) is 26.5. The summed E-state index contributed by atoms with van der Waals surface area (Å²) in [5.74, 6) is -1.05. The van der Waals surface area contributed by atoms with E-state index in [9.17, 15) is 19.1 Å². The second-order valence-corrected chi connectivity index (χ2v) is 9.60. The van der Waals surface area contributed by atoms with Crippen LogP contribution in [0.25, 0.3) is 17.2 Å². The molecule has 2 heterocycles. The summed E-state index contributed by atoms with van der Waals surface area (Å²) in [5.41, 5.74) is 4.01. The van der Waals surface area contributed by atoms with E-state index in [1.165, 1.54) is 12.1 Å². The molecule has 1 aromatic carbocycles. The largest absolute Gasteiger partial charge is 0.458 e. The second-order valence-electron chi connectivity index (χ2n) is 9.60. The molecule has 0 radical (unpaired) electrons. The fourth-order valence-corrected chi connectivity index (χ4v) is 4.27. The number of carbonyl (C=O) groups excluding carboxylic acids is 2. The molecule has 1 fully saturated rings. The number of esters is 1. The van der Waals surface area contributed by atoms with E-state index in [1.54, 1.807) is 18.2 Å². The van der Waals surface area contributed by atoms with Crippen molar-refractivity contribution in [3.8, 4) is 11.1 Å². The van der Waals surface area contributed by atoms with Gasteiger partial charge in [0, 0.05) is 24.1 Å². The van der Waals surface area contributed by atoms with E-state index in [0.717, 1.165) is 12.1 Å². The summed E-state index contributed by atoms with van der Waals surface area (Å²) in [7, 11) is 0. The van der Waals surface area contributed by atoms with Crippen molar-refractivity contribution in [2.75, 3.05) is 6.54 Å². The van der Waals surface area contributed by atoms with Gasteiger partial charge in [0.2, 0.25) is 0 Å². The number of ether oxygens (including phenoxy) is 1. The lowest BCUT2D eigenvalue weighted by Gasteiger charge is -2.25. The lowest BCUT2D eigenvalue weighted by Crippen LogP contribution is -2.31. The van der Waals surface area contributed by atoms with Gasteiger partial charge in [-0.1, -0.05) is 52.8 Å². The zero-order valence-corrected chi connectivity index (χ0v) is 21.1. The minimum absolute atomic E-state index is 0.0190. The minimum atomic E-state index is -0.760. The number of amides is 1. The van der Waals surface area contributed by atoms with Crippen LogP contribution < -0.4 is 5.32 Å². The van der Waals surface area contributed by atoms with Crippen molar-refractivity contribution in [3.05, 3.63) is 58.7 Å². The van der Waals surface area contributed by atoms with Gasteiger partial charge in [0.05, 0.1) is 29.5 Å². The first-order valence-corrected chi connectivity index (χ1v) is 12.3. The Labute approximate surface area is 206 Å². The second kappa shape index (κ2) is 11.6. The summed E-state index contributed by atoms with van der Waals surface area (Å²) in [4.78, 5) is 30.3. The fourth-order valence-electron chi connectivity index (χ4n) is 4.27.